The first-order chi connectivity index (χ1) is 21.0. The van der Waals surface area contributed by atoms with Crippen LogP contribution in [-0.2, 0) is 28.7 Å². The van der Waals surface area contributed by atoms with Crippen LogP contribution in [0.15, 0.2) is 0 Å². The van der Waals surface area contributed by atoms with Crippen LogP contribution in [0.3, 0.4) is 0 Å². The first-order valence-corrected chi connectivity index (χ1v) is 16.1. The zero-order chi connectivity index (χ0) is 33.0. The van der Waals surface area contributed by atoms with Crippen LogP contribution < -0.4 is 20.4 Å². The summed E-state index contributed by atoms with van der Waals surface area (Å²) in [6.45, 7) is -0.377. The van der Waals surface area contributed by atoms with Gasteiger partial charge in [-0.05, 0) is 6.42 Å². The Bertz CT molecular complexity index is 746. The van der Waals surface area contributed by atoms with Gasteiger partial charge in [0.25, 0.3) is 0 Å². The predicted octanol–water partition coefficient (Wildman–Crippen LogP) is -2.04. The van der Waals surface area contributed by atoms with Gasteiger partial charge in [-0.15, -0.1) is 0 Å². The Labute approximate surface area is 300 Å². The fourth-order valence-electron chi connectivity index (χ4n) is 4.87. The SMILES string of the molecule is CCCCCCCCCCCCCCCCOCC(=O)CN(CCN(CC(=O)[O-])CC(=O)[O-])CCN(CC(=O)[O-])CC(=O)[O-].[Gd+3]. The Kier molecular flexibility index (Phi) is 31.9. The molecule has 0 rings (SSSR count). The van der Waals surface area contributed by atoms with Crippen molar-refractivity contribution in [3.05, 3.63) is 0 Å². The van der Waals surface area contributed by atoms with Crippen molar-refractivity contribution in [2.75, 3.05) is 72.1 Å². The number of carbonyl (C=O) groups excluding carboxylic acids is 5. The molecular weight excluding hydrogens is 732 g/mol. The number of hydrogen-bond acceptors (Lipinski definition) is 13. The Morgan fingerprint density at radius 2 is 0.778 bits per heavy atom. The molecule has 0 fully saturated rings. The van der Waals surface area contributed by atoms with Gasteiger partial charge in [0.05, 0.1) is 30.4 Å². The average molecular weight is 785 g/mol. The molecule has 0 amide bonds. The Morgan fingerprint density at radius 1 is 0.467 bits per heavy atom. The van der Waals surface area contributed by atoms with E-state index < -0.39 is 50.1 Å². The molecule has 0 aliphatic carbocycles. The molecule has 45 heavy (non-hydrogen) atoms. The third kappa shape index (κ3) is 32.4. The third-order valence-electron chi connectivity index (χ3n) is 7.18. The average Bonchev–Trinajstić information content (AvgIpc) is 2.92. The van der Waals surface area contributed by atoms with Gasteiger partial charge in [0.1, 0.15) is 6.61 Å². The van der Waals surface area contributed by atoms with Gasteiger partial charge in [0.15, 0.2) is 5.78 Å². The van der Waals surface area contributed by atoms with Crippen LogP contribution in [0.4, 0.5) is 0 Å². The normalized spacial score (nSPS) is 11.2. The van der Waals surface area contributed by atoms with Crippen molar-refractivity contribution in [1.82, 2.24) is 14.7 Å². The molecule has 0 bridgehead atoms. The van der Waals surface area contributed by atoms with E-state index in [0.29, 0.717) is 6.61 Å². The smallest absolute Gasteiger partial charge is 0.549 e. The zero-order valence-corrected chi connectivity index (χ0v) is 29.2. The van der Waals surface area contributed by atoms with Crippen molar-refractivity contribution in [2.45, 2.75) is 96.8 Å². The molecule has 0 spiro atoms. The molecule has 13 nitrogen and oxygen atoms in total. The van der Waals surface area contributed by atoms with E-state index in [1.807, 2.05) is 0 Å². The van der Waals surface area contributed by atoms with E-state index in [1.165, 1.54) is 70.6 Å². The van der Waals surface area contributed by atoms with Crippen LogP contribution in [-0.4, -0.2) is 116 Å². The van der Waals surface area contributed by atoms with Gasteiger partial charge in [0, 0.05) is 59.0 Å². The van der Waals surface area contributed by atoms with Gasteiger partial charge in [-0.2, -0.15) is 0 Å². The van der Waals surface area contributed by atoms with Gasteiger partial charge < -0.3 is 44.3 Å². The van der Waals surface area contributed by atoms with E-state index in [0.717, 1.165) is 29.1 Å². The molecule has 1 radical (unpaired) electrons. The summed E-state index contributed by atoms with van der Waals surface area (Å²) in [4.78, 5) is 60.2. The van der Waals surface area contributed by atoms with Crippen molar-refractivity contribution >= 4 is 29.7 Å². The fraction of sp³-hybridized carbons (Fsp3) is 0.839. The number of unbranched alkanes of at least 4 members (excludes halogenated alkanes) is 13. The fourth-order valence-corrected chi connectivity index (χ4v) is 4.87. The van der Waals surface area contributed by atoms with Crippen LogP contribution >= 0.6 is 0 Å². The van der Waals surface area contributed by atoms with Gasteiger partial charge in [-0.25, -0.2) is 0 Å². The summed E-state index contributed by atoms with van der Waals surface area (Å²) in [6.07, 6.45) is 17.3. The summed E-state index contributed by atoms with van der Waals surface area (Å²) < 4.78 is 5.52. The predicted molar refractivity (Wildman–Crippen MR) is 155 cm³/mol. The monoisotopic (exact) mass is 785 g/mol. The topological polar surface area (TPSA) is 197 Å². The summed E-state index contributed by atoms with van der Waals surface area (Å²) in [6, 6.07) is 0. The summed E-state index contributed by atoms with van der Waals surface area (Å²) >= 11 is 0. The van der Waals surface area contributed by atoms with Crippen molar-refractivity contribution < 1.29 is 89.1 Å². The second kappa shape index (κ2) is 31.3. The Hall–Kier alpha value is -1.29. The number of carboxylic acid groups (broad SMARTS) is 4. The van der Waals surface area contributed by atoms with Crippen molar-refractivity contribution in [2.24, 2.45) is 0 Å². The molecule has 0 aliphatic rings. The van der Waals surface area contributed by atoms with E-state index in [1.54, 1.807) is 4.90 Å². The second-order valence-electron chi connectivity index (χ2n) is 11.4. The summed E-state index contributed by atoms with van der Waals surface area (Å²) in [7, 11) is 0. The molecule has 0 saturated carbocycles. The maximum Gasteiger partial charge on any atom is 3.00 e. The maximum atomic E-state index is 12.6. The minimum absolute atomic E-state index is 0. The largest absolute Gasteiger partial charge is 3.00 e. The second-order valence-corrected chi connectivity index (χ2v) is 11.4. The van der Waals surface area contributed by atoms with Gasteiger partial charge in [-0.1, -0.05) is 90.4 Å². The first kappa shape index (κ1) is 45.8. The van der Waals surface area contributed by atoms with Crippen LogP contribution in [0.5, 0.6) is 0 Å². The molecule has 14 heteroatoms. The minimum Gasteiger partial charge on any atom is -0.549 e. The molecule has 0 atom stereocenters. The number of carboxylic acids is 4. The number of ketones is 1. The number of rotatable bonds is 33. The van der Waals surface area contributed by atoms with E-state index in [-0.39, 0.29) is 85.1 Å². The molecule has 261 valence electrons. The van der Waals surface area contributed by atoms with Crippen LogP contribution in [0.25, 0.3) is 0 Å². The number of nitrogens with zero attached hydrogens (tertiary/aromatic N) is 3. The molecule has 0 heterocycles. The first-order valence-electron chi connectivity index (χ1n) is 16.1. The number of ether oxygens (including phenoxy) is 1. The quantitative estimate of drug-likeness (QED) is 0.0661. The summed E-state index contributed by atoms with van der Waals surface area (Å²) in [5.41, 5.74) is 0. The van der Waals surface area contributed by atoms with Crippen LogP contribution in [0.2, 0.25) is 0 Å². The standard InChI is InChI=1S/C31H57N3O10.Gd/c1-2-3-4-5-6-7-8-9-10-11-12-13-14-15-20-44-26-27(35)21-32(16-18-33(22-28(36)37)23-29(38)39)17-19-34(24-30(40)41)25-31(42)43;/h2-26H2,1H3,(H,36,37)(H,38,39)(H,40,41)(H,42,43);/q;+3/p-4. The number of hydrogen-bond donors (Lipinski definition) is 0. The van der Waals surface area contributed by atoms with E-state index in [4.69, 9.17) is 4.74 Å². The molecule has 0 aromatic carbocycles. The van der Waals surface area contributed by atoms with Gasteiger partial charge in [0.2, 0.25) is 0 Å². The molecule has 0 aliphatic heterocycles. The molecule has 0 aromatic rings. The summed E-state index contributed by atoms with van der Waals surface area (Å²) in [5, 5.41) is 43.9. The number of aliphatic carboxylic acids is 4. The molecular formula is C31H53GdN3O10-. The number of Topliss-reactive ketones (excluding diaryl/α,β-unsaturated/α-hetero) is 1. The van der Waals surface area contributed by atoms with Crippen LogP contribution in [0, 0.1) is 39.9 Å². The molecule has 0 unspecified atom stereocenters. The molecule has 0 aromatic heterocycles. The van der Waals surface area contributed by atoms with Crippen molar-refractivity contribution in [3.63, 3.8) is 0 Å². The number of carbonyl (C=O) groups is 5. The van der Waals surface area contributed by atoms with Gasteiger partial charge in [-0.3, -0.25) is 19.5 Å². The summed E-state index contributed by atoms with van der Waals surface area (Å²) in [5.74, 6) is -6.23. The Morgan fingerprint density at radius 3 is 1.11 bits per heavy atom. The van der Waals surface area contributed by atoms with Crippen LogP contribution in [0.1, 0.15) is 96.8 Å². The van der Waals surface area contributed by atoms with E-state index in [2.05, 4.69) is 6.92 Å². The molecule has 0 saturated heterocycles. The Balaban J connectivity index is 0. The van der Waals surface area contributed by atoms with Gasteiger partial charge >= 0.3 is 39.9 Å². The maximum absolute atomic E-state index is 12.6. The molecule has 0 N–H and O–H groups in total. The van der Waals surface area contributed by atoms with Crippen molar-refractivity contribution in [1.29, 1.82) is 0 Å². The third-order valence-corrected chi connectivity index (χ3v) is 7.18. The van der Waals surface area contributed by atoms with E-state index in [9.17, 15) is 44.4 Å². The minimum atomic E-state index is -1.49. The van der Waals surface area contributed by atoms with E-state index >= 15 is 0 Å². The zero-order valence-electron chi connectivity index (χ0n) is 27.0. The van der Waals surface area contributed by atoms with Crippen molar-refractivity contribution in [3.8, 4) is 0 Å².